The van der Waals surface area contributed by atoms with E-state index in [2.05, 4.69) is 29.4 Å². The number of para-hydroxylation sites is 1. The van der Waals surface area contributed by atoms with Gasteiger partial charge in [-0.25, -0.2) is 4.52 Å². The minimum Gasteiger partial charge on any atom is -0.351 e. The van der Waals surface area contributed by atoms with Gasteiger partial charge >= 0.3 is 0 Å². The van der Waals surface area contributed by atoms with E-state index < -0.39 is 0 Å². The van der Waals surface area contributed by atoms with Crippen LogP contribution in [0.3, 0.4) is 0 Å². The molecule has 1 atom stereocenters. The fraction of sp³-hybridized carbons (Fsp3) is 0.261. The Morgan fingerprint density at radius 1 is 1.10 bits per heavy atom. The molecule has 6 nitrogen and oxygen atoms in total. The molecule has 0 bridgehead atoms. The number of carbonyl (C=O) groups is 1. The molecule has 0 saturated carbocycles. The maximum absolute atomic E-state index is 12.9. The molecule has 0 spiro atoms. The normalized spacial score (nSPS) is 12.3. The second-order valence-electron chi connectivity index (χ2n) is 7.31. The average molecular weight is 388 g/mol. The first-order valence-electron chi connectivity index (χ1n) is 9.88. The van der Waals surface area contributed by atoms with Gasteiger partial charge in [0.05, 0.1) is 5.52 Å². The molecular formula is C23H24N4O2. The van der Waals surface area contributed by atoms with Crippen molar-refractivity contribution in [3.8, 4) is 0 Å². The molecule has 0 fully saturated rings. The smallest absolute Gasteiger partial charge is 0.273 e. The number of fused-ring (bicyclic) bond motifs is 3. The molecule has 0 aliphatic heterocycles. The maximum atomic E-state index is 12.9. The minimum absolute atomic E-state index is 0.0615. The summed E-state index contributed by atoms with van der Waals surface area (Å²) in [5, 5.41) is 4.02. The van der Waals surface area contributed by atoms with Crippen LogP contribution >= 0.6 is 0 Å². The molecular weight excluding hydrogens is 364 g/mol. The van der Waals surface area contributed by atoms with Gasteiger partial charge in [0.2, 0.25) is 5.91 Å². The Labute approximate surface area is 168 Å². The fourth-order valence-electron chi connectivity index (χ4n) is 3.83. The van der Waals surface area contributed by atoms with Gasteiger partial charge in [-0.1, -0.05) is 49.4 Å². The second-order valence-corrected chi connectivity index (χ2v) is 7.31. The lowest BCUT2D eigenvalue weighted by molar-refractivity contribution is -0.122. The lowest BCUT2D eigenvalue weighted by Gasteiger charge is -2.18. The quantitative estimate of drug-likeness (QED) is 0.552. The highest BCUT2D eigenvalue weighted by Crippen LogP contribution is 2.21. The Morgan fingerprint density at radius 2 is 1.83 bits per heavy atom. The summed E-state index contributed by atoms with van der Waals surface area (Å²) in [5.41, 5.74) is 3.13. The number of nitrogens with one attached hydrogen (secondary N) is 1. The topological polar surface area (TPSA) is 68.4 Å². The lowest BCUT2D eigenvalue weighted by atomic mass is 10.0. The van der Waals surface area contributed by atoms with Crippen LogP contribution in [0.4, 0.5) is 0 Å². The highest BCUT2D eigenvalue weighted by molar-refractivity contribution is 5.93. The predicted octanol–water partition coefficient (Wildman–Crippen LogP) is 3.10. The summed E-state index contributed by atoms with van der Waals surface area (Å²) >= 11 is 0. The number of hydrogen-bond acceptors (Lipinski definition) is 3. The van der Waals surface area contributed by atoms with Crippen molar-refractivity contribution >= 4 is 22.5 Å². The highest BCUT2D eigenvalue weighted by atomic mass is 16.2. The van der Waals surface area contributed by atoms with Crippen LogP contribution in [-0.4, -0.2) is 26.1 Å². The number of hydrogen-bond donors (Lipinski definition) is 1. The molecule has 0 saturated heterocycles. The summed E-state index contributed by atoms with van der Waals surface area (Å²) in [4.78, 5) is 29.0. The van der Waals surface area contributed by atoms with Crippen molar-refractivity contribution in [2.45, 2.75) is 39.3 Å². The molecule has 29 heavy (non-hydrogen) atoms. The van der Waals surface area contributed by atoms with Crippen LogP contribution in [0.5, 0.6) is 0 Å². The van der Waals surface area contributed by atoms with Crippen molar-refractivity contribution in [2.24, 2.45) is 0 Å². The van der Waals surface area contributed by atoms with Crippen LogP contribution in [0.25, 0.3) is 16.6 Å². The standard InChI is InChI=1S/C23H24N4O2/c1-3-18(14-17-9-5-4-6-10-17)24-22(29)15-26-20-12-8-7-11-19(20)23-25-21(28)13-16(2)27(23)26/h4-13,18H,3,14-15H2,1-2H3,(H,24,29)/t18-/m0/s1. The van der Waals surface area contributed by atoms with E-state index in [0.717, 1.165) is 29.4 Å². The first-order valence-corrected chi connectivity index (χ1v) is 9.88. The number of aromatic nitrogens is 3. The molecule has 4 rings (SSSR count). The summed E-state index contributed by atoms with van der Waals surface area (Å²) in [6.07, 6.45) is 1.64. The van der Waals surface area contributed by atoms with Crippen molar-refractivity contribution in [1.82, 2.24) is 19.5 Å². The first kappa shape index (κ1) is 18.9. The summed E-state index contributed by atoms with van der Waals surface area (Å²) < 4.78 is 3.74. The number of carbonyl (C=O) groups excluding carboxylic acids is 1. The van der Waals surface area contributed by atoms with E-state index in [1.165, 1.54) is 11.6 Å². The molecule has 6 heteroatoms. The molecule has 1 N–H and O–H groups in total. The highest BCUT2D eigenvalue weighted by Gasteiger charge is 2.17. The van der Waals surface area contributed by atoms with Gasteiger partial charge < -0.3 is 5.32 Å². The summed E-state index contributed by atoms with van der Waals surface area (Å²) in [6.45, 7) is 4.08. The molecule has 4 aromatic rings. The van der Waals surface area contributed by atoms with E-state index in [1.54, 1.807) is 0 Å². The van der Waals surface area contributed by atoms with E-state index in [4.69, 9.17) is 0 Å². The Bertz CT molecular complexity index is 1220. The number of rotatable bonds is 6. The van der Waals surface area contributed by atoms with Crippen molar-refractivity contribution in [3.05, 3.63) is 82.3 Å². The third-order valence-corrected chi connectivity index (χ3v) is 5.22. The molecule has 0 unspecified atom stereocenters. The molecule has 2 aromatic carbocycles. The fourth-order valence-corrected chi connectivity index (χ4v) is 3.83. The Kier molecular flexibility index (Phi) is 5.16. The Balaban J connectivity index is 1.64. The van der Waals surface area contributed by atoms with Crippen molar-refractivity contribution < 1.29 is 4.79 Å². The summed E-state index contributed by atoms with van der Waals surface area (Å²) in [7, 11) is 0. The van der Waals surface area contributed by atoms with E-state index >= 15 is 0 Å². The van der Waals surface area contributed by atoms with Gasteiger partial charge in [-0.05, 0) is 37.5 Å². The van der Waals surface area contributed by atoms with Crippen LogP contribution < -0.4 is 10.9 Å². The van der Waals surface area contributed by atoms with Gasteiger partial charge in [0.25, 0.3) is 5.56 Å². The molecule has 148 valence electrons. The van der Waals surface area contributed by atoms with Crippen molar-refractivity contribution in [2.75, 3.05) is 0 Å². The molecule has 0 aliphatic carbocycles. The second kappa shape index (κ2) is 7.91. The van der Waals surface area contributed by atoms with Crippen LogP contribution in [0.15, 0.2) is 65.5 Å². The van der Waals surface area contributed by atoms with Gasteiger partial charge in [0, 0.05) is 23.2 Å². The molecule has 2 heterocycles. The zero-order chi connectivity index (χ0) is 20.4. The van der Waals surface area contributed by atoms with Crippen LogP contribution in [0.2, 0.25) is 0 Å². The lowest BCUT2D eigenvalue weighted by Crippen LogP contribution is -2.38. The summed E-state index contributed by atoms with van der Waals surface area (Å²) in [6, 6.07) is 19.4. The molecule has 0 aliphatic rings. The number of benzene rings is 2. The van der Waals surface area contributed by atoms with Gasteiger partial charge in [-0.3, -0.25) is 14.3 Å². The number of amides is 1. The largest absolute Gasteiger partial charge is 0.351 e. The zero-order valence-corrected chi connectivity index (χ0v) is 16.6. The van der Waals surface area contributed by atoms with Crippen molar-refractivity contribution in [3.63, 3.8) is 0 Å². The minimum atomic E-state index is -0.274. The van der Waals surface area contributed by atoms with Gasteiger partial charge in [0.15, 0.2) is 5.65 Å². The Morgan fingerprint density at radius 3 is 2.59 bits per heavy atom. The molecule has 1 amide bonds. The van der Waals surface area contributed by atoms with E-state index in [9.17, 15) is 9.59 Å². The number of aryl methyl sites for hydroxylation is 1. The first-order chi connectivity index (χ1) is 14.1. The third kappa shape index (κ3) is 3.78. The number of nitrogens with zero attached hydrogens (tertiary/aromatic N) is 3. The Hall–Kier alpha value is -3.41. The third-order valence-electron chi connectivity index (χ3n) is 5.22. The zero-order valence-electron chi connectivity index (χ0n) is 16.6. The van der Waals surface area contributed by atoms with Crippen LogP contribution in [-0.2, 0) is 17.8 Å². The van der Waals surface area contributed by atoms with E-state index in [-0.39, 0.29) is 24.1 Å². The molecule has 0 radical (unpaired) electrons. The SMILES string of the molecule is CC[C@@H](Cc1ccccc1)NC(=O)Cn1c2ccccc2c2nc(=O)cc(C)n21. The van der Waals surface area contributed by atoms with Crippen molar-refractivity contribution in [1.29, 1.82) is 0 Å². The van der Waals surface area contributed by atoms with Gasteiger partial charge in [-0.15, -0.1) is 0 Å². The van der Waals surface area contributed by atoms with Crippen LogP contribution in [0.1, 0.15) is 24.6 Å². The van der Waals surface area contributed by atoms with Crippen LogP contribution in [0, 0.1) is 6.92 Å². The van der Waals surface area contributed by atoms with E-state index in [1.807, 2.05) is 58.6 Å². The maximum Gasteiger partial charge on any atom is 0.273 e. The monoisotopic (exact) mass is 388 g/mol. The predicted molar refractivity (Wildman–Crippen MR) is 114 cm³/mol. The van der Waals surface area contributed by atoms with E-state index in [0.29, 0.717) is 5.65 Å². The molecule has 2 aromatic heterocycles. The summed E-state index contributed by atoms with van der Waals surface area (Å²) in [5.74, 6) is -0.0615. The average Bonchev–Trinajstić information content (AvgIpc) is 3.02. The van der Waals surface area contributed by atoms with Gasteiger partial charge in [-0.2, -0.15) is 4.98 Å². The van der Waals surface area contributed by atoms with Gasteiger partial charge in [0.1, 0.15) is 6.54 Å².